The summed E-state index contributed by atoms with van der Waals surface area (Å²) in [5.41, 5.74) is 0. The molecule has 0 aliphatic carbocycles. The van der Waals surface area contributed by atoms with E-state index < -0.39 is 26.5 Å². The Kier molecular flexibility index (Phi) is 56.6. The van der Waals surface area contributed by atoms with E-state index in [-0.39, 0.29) is 32.0 Å². The number of allylic oxidation sites excluding steroid dienone is 9. The SMILES string of the molecule is CC/C=C\C/C=C\C/C=C\C/C=C\C/C=C\CC(=O)OC(COC(=O)CCCCCCCCCCCCCCCCCCCCCCCCCCCCCCCCCCCCCCCC)COP(=O)(O)OCC[N+](C)(C)C. The summed E-state index contributed by atoms with van der Waals surface area (Å²) in [5, 5.41) is 0. The minimum Gasteiger partial charge on any atom is -0.462 e. The van der Waals surface area contributed by atoms with Gasteiger partial charge in [-0.2, -0.15) is 0 Å². The van der Waals surface area contributed by atoms with E-state index >= 15 is 0 Å². The number of phosphoric ester groups is 1. The van der Waals surface area contributed by atoms with E-state index in [0.717, 1.165) is 44.9 Å². The van der Waals surface area contributed by atoms with Gasteiger partial charge in [-0.25, -0.2) is 4.57 Å². The molecule has 450 valence electrons. The Morgan fingerprint density at radius 3 is 1.05 bits per heavy atom. The molecule has 0 aliphatic heterocycles. The molecule has 0 spiro atoms. The standard InChI is InChI=1S/C67H124NO8P/c1-6-8-10-12-14-16-18-20-22-23-24-25-26-27-28-29-30-31-32-33-34-35-36-37-38-39-40-41-42-43-44-46-47-49-51-53-55-57-59-66(69)73-63-65(64-75-77(71,72)74-62-61-68(3,4)5)76-67(70)60-58-56-54-52-50-48-45-21-19-17-15-13-11-9-7-2/h9,11,15,17,21,45,50,52,56,58,65H,6-8,10,12-14,16,18-20,22-44,46-49,51,53-55,57,59-64H2,1-5H3/p+1/b11-9-,17-15-,45-21-,52-50-,58-56-. The van der Waals surface area contributed by atoms with Crippen molar-refractivity contribution in [3.8, 4) is 0 Å². The van der Waals surface area contributed by atoms with Crippen molar-refractivity contribution < 1.29 is 42.1 Å². The number of ether oxygens (including phenoxy) is 2. The summed E-state index contributed by atoms with van der Waals surface area (Å²) < 4.78 is 34.4. The highest BCUT2D eigenvalue weighted by atomic mass is 31.2. The molecular formula is C67H125NO8P+. The van der Waals surface area contributed by atoms with Crippen LogP contribution in [0.25, 0.3) is 0 Å². The summed E-state index contributed by atoms with van der Waals surface area (Å²) >= 11 is 0. The number of quaternary nitrogens is 1. The van der Waals surface area contributed by atoms with Crippen LogP contribution in [0.4, 0.5) is 0 Å². The van der Waals surface area contributed by atoms with Gasteiger partial charge in [0.25, 0.3) is 0 Å². The molecule has 0 aromatic rings. The number of rotatable bonds is 60. The fourth-order valence-corrected chi connectivity index (χ4v) is 10.1. The first-order chi connectivity index (χ1) is 37.5. The van der Waals surface area contributed by atoms with Crippen molar-refractivity contribution in [2.45, 2.75) is 309 Å². The molecule has 0 radical (unpaired) electrons. The molecule has 0 aromatic carbocycles. The van der Waals surface area contributed by atoms with Gasteiger partial charge in [-0.05, 0) is 38.5 Å². The molecule has 0 aliphatic rings. The number of esters is 2. The van der Waals surface area contributed by atoms with Crippen molar-refractivity contribution in [1.29, 1.82) is 0 Å². The van der Waals surface area contributed by atoms with Gasteiger partial charge in [-0.1, -0.05) is 312 Å². The Labute approximate surface area is 476 Å². The van der Waals surface area contributed by atoms with Gasteiger partial charge in [0.05, 0.1) is 34.2 Å². The molecular weight excluding hydrogens is 978 g/mol. The first-order valence-electron chi connectivity index (χ1n) is 32.5. The normalized spacial score (nSPS) is 13.6. The number of hydrogen-bond acceptors (Lipinski definition) is 7. The van der Waals surface area contributed by atoms with Crippen molar-refractivity contribution in [3.63, 3.8) is 0 Å². The van der Waals surface area contributed by atoms with Crippen molar-refractivity contribution in [3.05, 3.63) is 60.8 Å². The first-order valence-corrected chi connectivity index (χ1v) is 34.0. The third-order valence-corrected chi connectivity index (χ3v) is 15.3. The lowest BCUT2D eigenvalue weighted by molar-refractivity contribution is -0.870. The van der Waals surface area contributed by atoms with Crippen LogP contribution in [0.3, 0.4) is 0 Å². The molecule has 9 nitrogen and oxygen atoms in total. The second-order valence-corrected chi connectivity index (χ2v) is 24.6. The molecule has 0 fully saturated rings. The number of phosphoric acid groups is 1. The first kappa shape index (κ1) is 74.7. The average molecular weight is 1100 g/mol. The third-order valence-electron chi connectivity index (χ3n) is 14.3. The number of carbonyl (C=O) groups is 2. The molecule has 0 aromatic heterocycles. The number of carbonyl (C=O) groups excluding carboxylic acids is 2. The Bertz CT molecular complexity index is 1480. The summed E-state index contributed by atoms with van der Waals surface area (Å²) in [7, 11) is 1.43. The topological polar surface area (TPSA) is 108 Å². The third kappa shape index (κ3) is 62.8. The minimum atomic E-state index is -4.41. The number of likely N-dealkylation sites (N-methyl/N-ethyl adjacent to an activating group) is 1. The molecule has 0 rings (SSSR count). The van der Waals surface area contributed by atoms with E-state index in [9.17, 15) is 19.0 Å². The molecule has 2 unspecified atom stereocenters. The van der Waals surface area contributed by atoms with Gasteiger partial charge in [-0.15, -0.1) is 0 Å². The smallest absolute Gasteiger partial charge is 0.462 e. The Morgan fingerprint density at radius 2 is 0.727 bits per heavy atom. The van der Waals surface area contributed by atoms with Crippen LogP contribution in [0.5, 0.6) is 0 Å². The zero-order valence-corrected chi connectivity index (χ0v) is 52.1. The maximum absolute atomic E-state index is 12.7. The fourth-order valence-electron chi connectivity index (χ4n) is 9.39. The summed E-state index contributed by atoms with van der Waals surface area (Å²) in [5.74, 6) is -0.937. The Morgan fingerprint density at radius 1 is 0.416 bits per heavy atom. The van der Waals surface area contributed by atoms with Gasteiger partial charge < -0.3 is 18.9 Å². The Balaban J connectivity index is 3.91. The number of hydrogen-bond donors (Lipinski definition) is 1. The summed E-state index contributed by atoms with van der Waals surface area (Å²) in [6.07, 6.45) is 76.8. The molecule has 1 N–H and O–H groups in total. The van der Waals surface area contributed by atoms with E-state index in [0.29, 0.717) is 17.4 Å². The minimum absolute atomic E-state index is 0.00846. The van der Waals surface area contributed by atoms with Crippen LogP contribution in [-0.4, -0.2) is 74.9 Å². The molecule has 0 saturated heterocycles. The van der Waals surface area contributed by atoms with Crippen LogP contribution < -0.4 is 0 Å². The quantitative estimate of drug-likeness (QED) is 0.0211. The molecule has 0 bridgehead atoms. The van der Waals surface area contributed by atoms with Gasteiger partial charge in [0.1, 0.15) is 19.8 Å². The van der Waals surface area contributed by atoms with Gasteiger partial charge in [0.2, 0.25) is 0 Å². The average Bonchev–Trinajstić information content (AvgIpc) is 3.39. The van der Waals surface area contributed by atoms with E-state index in [4.69, 9.17) is 18.5 Å². The van der Waals surface area contributed by atoms with Gasteiger partial charge >= 0.3 is 19.8 Å². The van der Waals surface area contributed by atoms with Crippen molar-refractivity contribution in [1.82, 2.24) is 0 Å². The molecule has 0 heterocycles. The zero-order valence-electron chi connectivity index (χ0n) is 51.2. The van der Waals surface area contributed by atoms with Crippen LogP contribution in [0, 0.1) is 0 Å². The number of nitrogens with zero attached hydrogens (tertiary/aromatic N) is 1. The van der Waals surface area contributed by atoms with Gasteiger partial charge in [0, 0.05) is 6.42 Å². The number of unbranched alkanes of at least 4 members (excludes halogenated alkanes) is 37. The van der Waals surface area contributed by atoms with E-state index in [2.05, 4.69) is 56.4 Å². The van der Waals surface area contributed by atoms with Crippen molar-refractivity contribution in [2.75, 3.05) is 47.5 Å². The van der Waals surface area contributed by atoms with Crippen LogP contribution in [0.1, 0.15) is 303 Å². The van der Waals surface area contributed by atoms with E-state index in [1.807, 2.05) is 33.3 Å². The summed E-state index contributed by atoms with van der Waals surface area (Å²) in [4.78, 5) is 35.6. The van der Waals surface area contributed by atoms with Gasteiger partial charge in [0.15, 0.2) is 6.10 Å². The highest BCUT2D eigenvalue weighted by Gasteiger charge is 2.27. The second-order valence-electron chi connectivity index (χ2n) is 23.2. The summed E-state index contributed by atoms with van der Waals surface area (Å²) in [6, 6.07) is 0. The maximum atomic E-state index is 12.7. The largest absolute Gasteiger partial charge is 0.472 e. The van der Waals surface area contributed by atoms with Crippen molar-refractivity contribution >= 4 is 19.8 Å². The van der Waals surface area contributed by atoms with Gasteiger partial charge in [-0.3, -0.25) is 18.6 Å². The molecule has 10 heteroatoms. The Hall–Kier alpha value is -2.29. The fraction of sp³-hybridized carbons (Fsp3) is 0.821. The monoisotopic (exact) mass is 1100 g/mol. The highest BCUT2D eigenvalue weighted by molar-refractivity contribution is 7.47. The van der Waals surface area contributed by atoms with Crippen LogP contribution in [0.15, 0.2) is 60.8 Å². The predicted molar refractivity (Wildman–Crippen MR) is 330 cm³/mol. The second kappa shape index (κ2) is 58.4. The highest BCUT2D eigenvalue weighted by Crippen LogP contribution is 2.43. The van der Waals surface area contributed by atoms with Crippen LogP contribution >= 0.6 is 7.82 Å². The summed E-state index contributed by atoms with van der Waals surface area (Å²) in [6.45, 7) is 4.24. The van der Waals surface area contributed by atoms with E-state index in [1.165, 1.54) is 225 Å². The maximum Gasteiger partial charge on any atom is 0.472 e. The van der Waals surface area contributed by atoms with Crippen molar-refractivity contribution in [2.24, 2.45) is 0 Å². The van der Waals surface area contributed by atoms with Crippen LogP contribution in [-0.2, 0) is 32.7 Å². The lowest BCUT2D eigenvalue weighted by Gasteiger charge is -2.24. The zero-order chi connectivity index (χ0) is 56.3. The predicted octanol–water partition coefficient (Wildman–Crippen LogP) is 20.7. The lowest BCUT2D eigenvalue weighted by Crippen LogP contribution is -2.37. The molecule has 77 heavy (non-hydrogen) atoms. The molecule has 0 saturated carbocycles. The van der Waals surface area contributed by atoms with Crippen LogP contribution in [0.2, 0.25) is 0 Å². The molecule has 0 amide bonds. The van der Waals surface area contributed by atoms with E-state index in [1.54, 1.807) is 6.08 Å². The lowest BCUT2D eigenvalue weighted by atomic mass is 10.0. The molecule has 2 atom stereocenters.